The summed E-state index contributed by atoms with van der Waals surface area (Å²) < 4.78 is 9.92. The molecule has 5 heteroatoms. The van der Waals surface area contributed by atoms with E-state index >= 15 is 0 Å². The Morgan fingerprint density at radius 1 is 1.40 bits per heavy atom. The zero-order valence-corrected chi connectivity index (χ0v) is 9.08. The Labute approximate surface area is 91.8 Å². The molecule has 0 spiro atoms. The van der Waals surface area contributed by atoms with Gasteiger partial charge in [-0.2, -0.15) is 4.98 Å². The van der Waals surface area contributed by atoms with E-state index in [4.69, 9.17) is 20.9 Å². The first-order valence-electron chi connectivity index (χ1n) is 4.35. The zero-order chi connectivity index (χ0) is 10.8. The van der Waals surface area contributed by atoms with E-state index in [1.165, 1.54) is 0 Å². The SMILES string of the molecule is COc1ccc(-c2noc(C)n2)cc1Cl. The lowest BCUT2D eigenvalue weighted by molar-refractivity contribution is 0.394. The minimum Gasteiger partial charge on any atom is -0.495 e. The predicted molar refractivity (Wildman–Crippen MR) is 56.0 cm³/mol. The lowest BCUT2D eigenvalue weighted by Gasteiger charge is -2.02. The molecule has 1 aromatic heterocycles. The first kappa shape index (κ1) is 9.98. The molecule has 0 aliphatic carbocycles. The van der Waals surface area contributed by atoms with Gasteiger partial charge in [-0.1, -0.05) is 16.8 Å². The summed E-state index contributed by atoms with van der Waals surface area (Å²) in [4.78, 5) is 4.10. The second kappa shape index (κ2) is 3.90. The number of aromatic nitrogens is 2. The number of benzene rings is 1. The van der Waals surface area contributed by atoms with E-state index < -0.39 is 0 Å². The highest BCUT2D eigenvalue weighted by Gasteiger charge is 2.08. The second-order valence-electron chi connectivity index (χ2n) is 2.99. The molecular weight excluding hydrogens is 216 g/mol. The van der Waals surface area contributed by atoms with Crippen LogP contribution in [-0.2, 0) is 0 Å². The molecule has 0 fully saturated rings. The van der Waals surface area contributed by atoms with E-state index in [-0.39, 0.29) is 0 Å². The fraction of sp³-hybridized carbons (Fsp3) is 0.200. The van der Waals surface area contributed by atoms with Crippen molar-refractivity contribution in [3.8, 4) is 17.1 Å². The van der Waals surface area contributed by atoms with Crippen LogP contribution in [0.5, 0.6) is 5.75 Å². The number of rotatable bonds is 2. The van der Waals surface area contributed by atoms with Crippen molar-refractivity contribution < 1.29 is 9.26 Å². The van der Waals surface area contributed by atoms with E-state index in [0.717, 1.165) is 5.56 Å². The summed E-state index contributed by atoms with van der Waals surface area (Å²) in [7, 11) is 1.57. The molecule has 1 heterocycles. The fourth-order valence-corrected chi connectivity index (χ4v) is 1.48. The molecule has 0 saturated carbocycles. The molecule has 0 unspecified atom stereocenters. The van der Waals surface area contributed by atoms with E-state index in [0.29, 0.717) is 22.5 Å². The van der Waals surface area contributed by atoms with Gasteiger partial charge in [-0.15, -0.1) is 0 Å². The van der Waals surface area contributed by atoms with Crippen LogP contribution in [0.1, 0.15) is 5.89 Å². The highest BCUT2D eigenvalue weighted by Crippen LogP contribution is 2.28. The fourth-order valence-electron chi connectivity index (χ4n) is 1.22. The van der Waals surface area contributed by atoms with Gasteiger partial charge in [0.2, 0.25) is 11.7 Å². The van der Waals surface area contributed by atoms with E-state index in [1.54, 1.807) is 26.2 Å². The van der Waals surface area contributed by atoms with Crippen molar-refractivity contribution in [2.75, 3.05) is 7.11 Å². The van der Waals surface area contributed by atoms with Crippen LogP contribution in [0.3, 0.4) is 0 Å². The molecule has 0 saturated heterocycles. The first-order chi connectivity index (χ1) is 7.20. The van der Waals surface area contributed by atoms with Gasteiger partial charge in [0.05, 0.1) is 12.1 Å². The number of hydrogen-bond acceptors (Lipinski definition) is 4. The molecule has 0 aliphatic heterocycles. The highest BCUT2D eigenvalue weighted by molar-refractivity contribution is 6.32. The molecule has 1 aromatic carbocycles. The third-order valence-corrected chi connectivity index (χ3v) is 2.23. The predicted octanol–water partition coefficient (Wildman–Crippen LogP) is 2.71. The van der Waals surface area contributed by atoms with Crippen LogP contribution in [0.25, 0.3) is 11.4 Å². The van der Waals surface area contributed by atoms with Crippen molar-refractivity contribution >= 4 is 11.6 Å². The van der Waals surface area contributed by atoms with Crippen LogP contribution in [0.4, 0.5) is 0 Å². The molecule has 0 bridgehead atoms. The number of aryl methyl sites for hydroxylation is 1. The molecule has 2 rings (SSSR count). The Bertz CT molecular complexity index is 482. The Morgan fingerprint density at radius 2 is 2.20 bits per heavy atom. The number of hydrogen-bond donors (Lipinski definition) is 0. The zero-order valence-electron chi connectivity index (χ0n) is 8.32. The summed E-state index contributed by atoms with van der Waals surface area (Å²) in [6.07, 6.45) is 0. The normalized spacial score (nSPS) is 10.3. The topological polar surface area (TPSA) is 48.2 Å². The van der Waals surface area contributed by atoms with E-state index in [2.05, 4.69) is 10.1 Å². The van der Waals surface area contributed by atoms with Gasteiger partial charge < -0.3 is 9.26 Å². The van der Waals surface area contributed by atoms with Crippen LogP contribution >= 0.6 is 11.6 Å². The molecule has 78 valence electrons. The van der Waals surface area contributed by atoms with Gasteiger partial charge in [-0.3, -0.25) is 0 Å². The average molecular weight is 225 g/mol. The maximum Gasteiger partial charge on any atom is 0.223 e. The minimum atomic E-state index is 0.525. The molecule has 15 heavy (non-hydrogen) atoms. The van der Waals surface area contributed by atoms with E-state index in [9.17, 15) is 0 Å². The van der Waals surface area contributed by atoms with Gasteiger partial charge in [0, 0.05) is 12.5 Å². The number of ether oxygens (including phenoxy) is 1. The van der Waals surface area contributed by atoms with Gasteiger partial charge in [0.25, 0.3) is 0 Å². The standard InChI is InChI=1S/C10H9ClN2O2/c1-6-12-10(13-15-6)7-3-4-9(14-2)8(11)5-7/h3-5H,1-2H3. The van der Waals surface area contributed by atoms with Crippen molar-refractivity contribution in [2.24, 2.45) is 0 Å². The quantitative estimate of drug-likeness (QED) is 0.787. The van der Waals surface area contributed by atoms with Crippen molar-refractivity contribution in [3.63, 3.8) is 0 Å². The second-order valence-corrected chi connectivity index (χ2v) is 3.39. The van der Waals surface area contributed by atoms with Gasteiger partial charge >= 0.3 is 0 Å². The van der Waals surface area contributed by atoms with E-state index in [1.807, 2.05) is 6.07 Å². The molecule has 0 N–H and O–H groups in total. The Kier molecular flexibility index (Phi) is 2.60. The Hall–Kier alpha value is -1.55. The molecule has 2 aromatic rings. The van der Waals surface area contributed by atoms with Crippen molar-refractivity contribution in [1.29, 1.82) is 0 Å². The van der Waals surface area contributed by atoms with Crippen LogP contribution in [0.15, 0.2) is 22.7 Å². The molecule has 0 radical (unpaired) electrons. The largest absolute Gasteiger partial charge is 0.495 e. The van der Waals surface area contributed by atoms with Crippen molar-refractivity contribution in [3.05, 3.63) is 29.1 Å². The number of halogens is 1. The van der Waals surface area contributed by atoms with Gasteiger partial charge in [-0.05, 0) is 18.2 Å². The summed E-state index contributed by atoms with van der Waals surface area (Å²) in [5.41, 5.74) is 0.803. The summed E-state index contributed by atoms with van der Waals surface area (Å²) in [6.45, 7) is 1.74. The Morgan fingerprint density at radius 3 is 2.73 bits per heavy atom. The third-order valence-electron chi connectivity index (χ3n) is 1.94. The first-order valence-corrected chi connectivity index (χ1v) is 4.72. The van der Waals surface area contributed by atoms with Gasteiger partial charge in [0.1, 0.15) is 5.75 Å². The van der Waals surface area contributed by atoms with Crippen molar-refractivity contribution in [1.82, 2.24) is 10.1 Å². The van der Waals surface area contributed by atoms with Crippen LogP contribution in [0, 0.1) is 6.92 Å². The van der Waals surface area contributed by atoms with Crippen LogP contribution in [0.2, 0.25) is 5.02 Å². The highest BCUT2D eigenvalue weighted by atomic mass is 35.5. The molecular formula is C10H9ClN2O2. The summed E-state index contributed by atoms with van der Waals surface area (Å²) in [6, 6.07) is 5.34. The molecule has 0 atom stereocenters. The molecule has 0 aliphatic rings. The number of methoxy groups -OCH3 is 1. The lowest BCUT2D eigenvalue weighted by atomic mass is 10.2. The minimum absolute atomic E-state index is 0.525. The van der Waals surface area contributed by atoms with Gasteiger partial charge in [-0.25, -0.2) is 0 Å². The van der Waals surface area contributed by atoms with Gasteiger partial charge in [0.15, 0.2) is 0 Å². The monoisotopic (exact) mass is 224 g/mol. The molecule has 0 amide bonds. The maximum absolute atomic E-state index is 5.98. The summed E-state index contributed by atoms with van der Waals surface area (Å²) >= 11 is 5.98. The maximum atomic E-state index is 5.98. The average Bonchev–Trinajstić information content (AvgIpc) is 2.65. The third kappa shape index (κ3) is 1.94. The lowest BCUT2D eigenvalue weighted by Crippen LogP contribution is -1.86. The summed E-state index contributed by atoms with van der Waals surface area (Å²) in [5.74, 6) is 1.68. The number of nitrogens with zero attached hydrogens (tertiary/aromatic N) is 2. The smallest absolute Gasteiger partial charge is 0.223 e. The van der Waals surface area contributed by atoms with Crippen molar-refractivity contribution in [2.45, 2.75) is 6.92 Å². The Balaban J connectivity index is 2.42. The van der Waals surface area contributed by atoms with Crippen LogP contribution < -0.4 is 4.74 Å². The summed E-state index contributed by atoms with van der Waals surface area (Å²) in [5, 5.41) is 4.32. The van der Waals surface area contributed by atoms with Crippen LogP contribution in [-0.4, -0.2) is 17.3 Å². The molecule has 4 nitrogen and oxygen atoms in total.